The molecule has 1 unspecified atom stereocenters. The minimum atomic E-state index is -4.52. The van der Waals surface area contributed by atoms with Crippen LogP contribution in [0.5, 0.6) is 5.75 Å². The van der Waals surface area contributed by atoms with E-state index in [-0.39, 0.29) is 23.9 Å². The highest BCUT2D eigenvalue weighted by Crippen LogP contribution is 2.39. The fourth-order valence-corrected chi connectivity index (χ4v) is 3.04. The molecule has 0 radical (unpaired) electrons. The first kappa shape index (κ1) is 16.4. The van der Waals surface area contributed by atoms with Crippen molar-refractivity contribution in [3.63, 3.8) is 0 Å². The molecule has 0 aliphatic heterocycles. The number of alkyl halides is 3. The van der Waals surface area contributed by atoms with E-state index in [1.165, 1.54) is 13.1 Å². The quantitative estimate of drug-likeness (QED) is 0.903. The average Bonchev–Trinajstić information content (AvgIpc) is 3.09. The minimum absolute atomic E-state index is 0.0577. The van der Waals surface area contributed by atoms with E-state index < -0.39 is 17.8 Å². The molecule has 0 saturated heterocycles. The molecule has 5 nitrogen and oxygen atoms in total. The van der Waals surface area contributed by atoms with Gasteiger partial charge in [-0.05, 0) is 30.5 Å². The summed E-state index contributed by atoms with van der Waals surface area (Å²) in [5.74, 6) is -0.730. The molecule has 2 aromatic rings. The van der Waals surface area contributed by atoms with Gasteiger partial charge < -0.3 is 10.4 Å². The summed E-state index contributed by atoms with van der Waals surface area (Å²) < 4.78 is 39.0. The highest BCUT2D eigenvalue weighted by atomic mass is 19.4. The lowest BCUT2D eigenvalue weighted by Gasteiger charge is -2.13. The number of carbonyl (C=O) groups is 1. The van der Waals surface area contributed by atoms with E-state index in [2.05, 4.69) is 10.4 Å². The largest absolute Gasteiger partial charge is 0.508 e. The maximum absolute atomic E-state index is 12.6. The van der Waals surface area contributed by atoms with Crippen LogP contribution in [-0.4, -0.2) is 20.8 Å². The molecular formula is C16H16F3N3O2. The smallest absolute Gasteiger partial charge is 0.435 e. The van der Waals surface area contributed by atoms with Crippen molar-refractivity contribution in [1.82, 2.24) is 15.1 Å². The second-order valence-electron chi connectivity index (χ2n) is 5.80. The van der Waals surface area contributed by atoms with Crippen LogP contribution in [0.2, 0.25) is 0 Å². The normalized spacial score (nSPS) is 16.9. The number of halogens is 3. The van der Waals surface area contributed by atoms with Crippen LogP contribution < -0.4 is 5.32 Å². The third-order valence-corrected chi connectivity index (χ3v) is 4.25. The first-order chi connectivity index (χ1) is 11.3. The summed E-state index contributed by atoms with van der Waals surface area (Å²) in [5.41, 5.74) is 0.801. The first-order valence-corrected chi connectivity index (χ1v) is 7.46. The second-order valence-corrected chi connectivity index (χ2v) is 5.80. The van der Waals surface area contributed by atoms with Gasteiger partial charge in [-0.15, -0.1) is 0 Å². The molecule has 0 saturated carbocycles. The van der Waals surface area contributed by atoms with Crippen molar-refractivity contribution in [3.05, 3.63) is 46.8 Å². The SMILES string of the molecule is Cn1nc(C(F)(F)F)cc1CNC(=O)C1CCc2cccc(O)c21. The zero-order chi connectivity index (χ0) is 17.5. The van der Waals surface area contributed by atoms with E-state index in [0.29, 0.717) is 18.4 Å². The third-order valence-electron chi connectivity index (χ3n) is 4.25. The third kappa shape index (κ3) is 2.95. The Kier molecular flexibility index (Phi) is 3.98. The summed E-state index contributed by atoms with van der Waals surface area (Å²) in [6.45, 7) is -0.0577. The molecule has 0 spiro atoms. The molecule has 2 N–H and O–H groups in total. The predicted octanol–water partition coefficient (Wildman–Crippen LogP) is 2.49. The number of nitrogens with zero attached hydrogens (tertiary/aromatic N) is 2. The molecule has 1 aromatic carbocycles. The Morgan fingerprint density at radius 2 is 2.21 bits per heavy atom. The number of hydrogen-bond donors (Lipinski definition) is 2. The summed E-state index contributed by atoms with van der Waals surface area (Å²) >= 11 is 0. The lowest BCUT2D eigenvalue weighted by atomic mass is 9.99. The van der Waals surface area contributed by atoms with E-state index >= 15 is 0 Å². The van der Waals surface area contributed by atoms with Crippen LogP contribution >= 0.6 is 0 Å². The molecule has 128 valence electrons. The number of rotatable bonds is 3. The van der Waals surface area contributed by atoms with Gasteiger partial charge in [0.1, 0.15) is 5.75 Å². The van der Waals surface area contributed by atoms with Gasteiger partial charge in [0.25, 0.3) is 0 Å². The number of phenolic OH excluding ortho intramolecular Hbond substituents is 1. The van der Waals surface area contributed by atoms with Gasteiger partial charge in [-0.25, -0.2) is 0 Å². The fraction of sp³-hybridized carbons (Fsp3) is 0.375. The number of amides is 1. The van der Waals surface area contributed by atoms with Crippen LogP contribution in [0.15, 0.2) is 24.3 Å². The van der Waals surface area contributed by atoms with Crippen molar-refractivity contribution in [2.45, 2.75) is 31.5 Å². The lowest BCUT2D eigenvalue weighted by Crippen LogP contribution is -2.28. The first-order valence-electron chi connectivity index (χ1n) is 7.46. The lowest BCUT2D eigenvalue weighted by molar-refractivity contribution is -0.141. The van der Waals surface area contributed by atoms with E-state index in [1.54, 1.807) is 6.07 Å². The van der Waals surface area contributed by atoms with E-state index in [0.717, 1.165) is 16.3 Å². The van der Waals surface area contributed by atoms with Crippen LogP contribution in [0.25, 0.3) is 0 Å². The number of fused-ring (bicyclic) bond motifs is 1. The molecule has 24 heavy (non-hydrogen) atoms. The Bertz CT molecular complexity index is 783. The number of phenols is 1. The Morgan fingerprint density at radius 1 is 1.46 bits per heavy atom. The number of aromatic hydroxyl groups is 1. The van der Waals surface area contributed by atoms with Crippen LogP contribution in [0.4, 0.5) is 13.2 Å². The molecule has 1 aromatic heterocycles. The number of benzene rings is 1. The standard InChI is InChI=1S/C16H16F3N3O2/c1-22-10(7-13(21-22)16(17,18)19)8-20-15(24)11-6-5-9-3-2-4-12(23)14(9)11/h2-4,7,11,23H,5-6,8H2,1H3,(H,20,24). The van der Waals surface area contributed by atoms with Crippen molar-refractivity contribution in [2.24, 2.45) is 7.05 Å². The van der Waals surface area contributed by atoms with Crippen molar-refractivity contribution < 1.29 is 23.1 Å². The minimum Gasteiger partial charge on any atom is -0.508 e. The Hall–Kier alpha value is -2.51. The number of aromatic nitrogens is 2. The zero-order valence-electron chi connectivity index (χ0n) is 12.9. The molecular weight excluding hydrogens is 323 g/mol. The summed E-state index contributed by atoms with van der Waals surface area (Å²) in [6, 6.07) is 6.03. The van der Waals surface area contributed by atoms with Gasteiger partial charge in [-0.3, -0.25) is 9.48 Å². The Balaban J connectivity index is 1.71. The van der Waals surface area contributed by atoms with E-state index in [9.17, 15) is 23.1 Å². The van der Waals surface area contributed by atoms with Crippen molar-refractivity contribution in [1.29, 1.82) is 0 Å². The Labute approximate surface area is 136 Å². The summed E-state index contributed by atoms with van der Waals surface area (Å²) in [7, 11) is 1.40. The average molecular weight is 339 g/mol. The number of nitrogens with one attached hydrogen (secondary N) is 1. The molecule has 1 aliphatic rings. The second kappa shape index (κ2) is 5.85. The summed E-state index contributed by atoms with van der Waals surface area (Å²) in [4.78, 5) is 12.4. The van der Waals surface area contributed by atoms with Gasteiger partial charge >= 0.3 is 6.18 Å². The van der Waals surface area contributed by atoms with Crippen LogP contribution in [-0.2, 0) is 31.0 Å². The molecule has 1 heterocycles. The van der Waals surface area contributed by atoms with Gasteiger partial charge in [0.2, 0.25) is 5.91 Å². The summed E-state index contributed by atoms with van der Waals surface area (Å²) in [5, 5.41) is 16.0. The molecule has 1 amide bonds. The maximum Gasteiger partial charge on any atom is 0.435 e. The van der Waals surface area contributed by atoms with E-state index in [4.69, 9.17) is 0 Å². The van der Waals surface area contributed by atoms with Gasteiger partial charge in [0.15, 0.2) is 5.69 Å². The fourth-order valence-electron chi connectivity index (χ4n) is 3.04. The van der Waals surface area contributed by atoms with E-state index in [1.807, 2.05) is 6.07 Å². The summed E-state index contributed by atoms with van der Waals surface area (Å²) in [6.07, 6.45) is -3.26. The van der Waals surface area contributed by atoms with Crippen LogP contribution in [0.1, 0.15) is 34.9 Å². The zero-order valence-corrected chi connectivity index (χ0v) is 12.9. The van der Waals surface area contributed by atoms with Crippen molar-refractivity contribution in [2.75, 3.05) is 0 Å². The van der Waals surface area contributed by atoms with Gasteiger partial charge in [0.05, 0.1) is 18.2 Å². The highest BCUT2D eigenvalue weighted by Gasteiger charge is 2.35. The van der Waals surface area contributed by atoms with Gasteiger partial charge in [-0.2, -0.15) is 18.3 Å². The van der Waals surface area contributed by atoms with Gasteiger partial charge in [0, 0.05) is 12.6 Å². The van der Waals surface area contributed by atoms with Crippen molar-refractivity contribution in [3.8, 4) is 5.75 Å². The maximum atomic E-state index is 12.6. The molecule has 1 atom stereocenters. The Morgan fingerprint density at radius 3 is 2.88 bits per heavy atom. The molecule has 0 fully saturated rings. The number of carbonyl (C=O) groups excluding carboxylic acids is 1. The van der Waals surface area contributed by atoms with Crippen molar-refractivity contribution >= 4 is 5.91 Å². The molecule has 3 rings (SSSR count). The van der Waals surface area contributed by atoms with Crippen LogP contribution in [0, 0.1) is 0 Å². The molecule has 0 bridgehead atoms. The number of aryl methyl sites for hydroxylation is 2. The molecule has 1 aliphatic carbocycles. The highest BCUT2D eigenvalue weighted by molar-refractivity contribution is 5.85. The van der Waals surface area contributed by atoms with Gasteiger partial charge in [-0.1, -0.05) is 12.1 Å². The van der Waals surface area contributed by atoms with Crippen LogP contribution in [0.3, 0.4) is 0 Å². The molecule has 8 heteroatoms. The topological polar surface area (TPSA) is 67.2 Å². The monoisotopic (exact) mass is 339 g/mol. The predicted molar refractivity (Wildman–Crippen MR) is 79.2 cm³/mol. The number of hydrogen-bond acceptors (Lipinski definition) is 3.